The number of hydrogen-bond donors (Lipinski definition) is 2. The van der Waals surface area contributed by atoms with Gasteiger partial charge >= 0.3 is 5.97 Å². The zero-order valence-corrected chi connectivity index (χ0v) is 12.0. The van der Waals surface area contributed by atoms with Crippen LogP contribution in [0.25, 0.3) is 0 Å². The number of likely N-dealkylation sites (tertiary alicyclic amines) is 1. The zero-order chi connectivity index (χ0) is 14.5. The van der Waals surface area contributed by atoms with Gasteiger partial charge in [0.25, 0.3) is 0 Å². The lowest BCUT2D eigenvalue weighted by Gasteiger charge is -2.34. The third-order valence-corrected chi connectivity index (χ3v) is 4.80. The summed E-state index contributed by atoms with van der Waals surface area (Å²) in [5, 5.41) is 18.5. The molecule has 114 valence electrons. The van der Waals surface area contributed by atoms with Crippen molar-refractivity contribution in [2.75, 3.05) is 13.2 Å². The fourth-order valence-corrected chi connectivity index (χ4v) is 3.48. The topological polar surface area (TPSA) is 77.8 Å². The van der Waals surface area contributed by atoms with Crippen molar-refractivity contribution in [1.29, 1.82) is 0 Å². The standard InChI is InChI=1S/C15H25NO4/c17-10-13-4-2-1-3-9-16(13)14(18)11-5-7-12(8-6-11)15(19)20/h11-13,17H,1-10H2,(H,19,20). The van der Waals surface area contributed by atoms with Gasteiger partial charge in [0.15, 0.2) is 0 Å². The molecule has 2 rings (SSSR count). The molecule has 5 heteroatoms. The molecule has 1 amide bonds. The van der Waals surface area contributed by atoms with Crippen LogP contribution in [0.2, 0.25) is 0 Å². The van der Waals surface area contributed by atoms with E-state index in [0.29, 0.717) is 25.7 Å². The minimum absolute atomic E-state index is 0.0379. The predicted octanol–water partition coefficient (Wildman–Crippen LogP) is 1.64. The number of nitrogens with zero attached hydrogens (tertiary/aromatic N) is 1. The Morgan fingerprint density at radius 3 is 2.20 bits per heavy atom. The molecule has 1 unspecified atom stereocenters. The van der Waals surface area contributed by atoms with E-state index < -0.39 is 5.97 Å². The predicted molar refractivity (Wildman–Crippen MR) is 74.1 cm³/mol. The molecule has 5 nitrogen and oxygen atoms in total. The highest BCUT2D eigenvalue weighted by molar-refractivity contribution is 5.80. The van der Waals surface area contributed by atoms with Gasteiger partial charge in [-0.05, 0) is 38.5 Å². The average Bonchev–Trinajstić information content (AvgIpc) is 2.71. The maximum Gasteiger partial charge on any atom is 0.306 e. The number of carboxylic acids is 1. The molecule has 1 aliphatic carbocycles. The molecule has 1 atom stereocenters. The van der Waals surface area contributed by atoms with Gasteiger partial charge in [0.05, 0.1) is 18.6 Å². The Kier molecular flexibility index (Phi) is 5.40. The van der Waals surface area contributed by atoms with Gasteiger partial charge in [-0.2, -0.15) is 0 Å². The molecule has 1 aliphatic heterocycles. The van der Waals surface area contributed by atoms with E-state index >= 15 is 0 Å². The number of hydrogen-bond acceptors (Lipinski definition) is 3. The summed E-state index contributed by atoms with van der Waals surface area (Å²) >= 11 is 0. The summed E-state index contributed by atoms with van der Waals surface area (Å²) in [6.07, 6.45) is 6.62. The first-order valence-electron chi connectivity index (χ1n) is 7.77. The molecular formula is C15H25NO4. The number of rotatable bonds is 3. The molecule has 2 N–H and O–H groups in total. The molecule has 0 spiro atoms. The van der Waals surface area contributed by atoms with Crippen LogP contribution in [0.15, 0.2) is 0 Å². The first-order chi connectivity index (χ1) is 9.63. The number of carboxylic acid groups (broad SMARTS) is 1. The molecule has 0 bridgehead atoms. The third-order valence-electron chi connectivity index (χ3n) is 4.80. The minimum atomic E-state index is -0.737. The van der Waals surface area contributed by atoms with Crippen molar-refractivity contribution < 1.29 is 19.8 Å². The molecule has 0 aromatic rings. The quantitative estimate of drug-likeness (QED) is 0.825. The van der Waals surface area contributed by atoms with E-state index in [4.69, 9.17) is 5.11 Å². The van der Waals surface area contributed by atoms with Gasteiger partial charge in [-0.1, -0.05) is 12.8 Å². The second kappa shape index (κ2) is 7.07. The van der Waals surface area contributed by atoms with Gasteiger partial charge in [-0.15, -0.1) is 0 Å². The fourth-order valence-electron chi connectivity index (χ4n) is 3.48. The smallest absolute Gasteiger partial charge is 0.306 e. The van der Waals surface area contributed by atoms with Crippen LogP contribution in [0.5, 0.6) is 0 Å². The van der Waals surface area contributed by atoms with Crippen LogP contribution in [-0.4, -0.2) is 46.2 Å². The van der Waals surface area contributed by atoms with Crippen molar-refractivity contribution in [3.63, 3.8) is 0 Å². The van der Waals surface area contributed by atoms with E-state index in [1.54, 1.807) is 0 Å². The fraction of sp³-hybridized carbons (Fsp3) is 0.867. The molecule has 1 saturated carbocycles. The summed E-state index contributed by atoms with van der Waals surface area (Å²) in [5.41, 5.74) is 0. The monoisotopic (exact) mass is 283 g/mol. The van der Waals surface area contributed by atoms with Gasteiger partial charge < -0.3 is 15.1 Å². The van der Waals surface area contributed by atoms with Gasteiger partial charge in [0, 0.05) is 12.5 Å². The van der Waals surface area contributed by atoms with E-state index in [-0.39, 0.29) is 30.4 Å². The zero-order valence-electron chi connectivity index (χ0n) is 12.0. The Bertz CT molecular complexity index is 350. The lowest BCUT2D eigenvalue weighted by atomic mass is 9.81. The molecule has 1 heterocycles. The van der Waals surface area contributed by atoms with E-state index in [2.05, 4.69) is 0 Å². The van der Waals surface area contributed by atoms with Crippen LogP contribution in [0.4, 0.5) is 0 Å². The van der Waals surface area contributed by atoms with Crippen molar-refractivity contribution in [3.8, 4) is 0 Å². The highest BCUT2D eigenvalue weighted by atomic mass is 16.4. The highest BCUT2D eigenvalue weighted by Crippen LogP contribution is 2.31. The van der Waals surface area contributed by atoms with Crippen molar-refractivity contribution in [3.05, 3.63) is 0 Å². The summed E-state index contributed by atoms with van der Waals surface area (Å²) in [5.74, 6) is -0.928. The number of carbonyl (C=O) groups excluding carboxylic acids is 1. The third kappa shape index (κ3) is 3.51. The van der Waals surface area contributed by atoms with E-state index in [9.17, 15) is 14.7 Å². The van der Waals surface area contributed by atoms with E-state index in [1.807, 2.05) is 4.90 Å². The van der Waals surface area contributed by atoms with Crippen LogP contribution in [0, 0.1) is 11.8 Å². The number of aliphatic hydroxyl groups excluding tert-OH is 1. The first-order valence-corrected chi connectivity index (χ1v) is 7.77. The Hall–Kier alpha value is -1.10. The van der Waals surface area contributed by atoms with Crippen LogP contribution in [0.3, 0.4) is 0 Å². The Balaban J connectivity index is 1.94. The lowest BCUT2D eigenvalue weighted by molar-refractivity contribution is -0.146. The summed E-state index contributed by atoms with van der Waals surface area (Å²) in [7, 11) is 0. The van der Waals surface area contributed by atoms with Crippen LogP contribution >= 0.6 is 0 Å². The Morgan fingerprint density at radius 2 is 1.60 bits per heavy atom. The molecule has 1 saturated heterocycles. The van der Waals surface area contributed by atoms with Gasteiger partial charge in [0.1, 0.15) is 0 Å². The Labute approximate surface area is 120 Å². The van der Waals surface area contributed by atoms with Crippen molar-refractivity contribution in [2.24, 2.45) is 11.8 Å². The molecule has 0 radical (unpaired) electrons. The molecule has 0 aromatic heterocycles. The Morgan fingerprint density at radius 1 is 0.950 bits per heavy atom. The van der Waals surface area contributed by atoms with Crippen LogP contribution < -0.4 is 0 Å². The van der Waals surface area contributed by atoms with Gasteiger partial charge in [0.2, 0.25) is 5.91 Å². The number of aliphatic carboxylic acids is 1. The minimum Gasteiger partial charge on any atom is -0.481 e. The molecule has 0 aromatic carbocycles. The molecule has 20 heavy (non-hydrogen) atoms. The van der Waals surface area contributed by atoms with E-state index in [1.165, 1.54) is 0 Å². The number of amides is 1. The summed E-state index contributed by atoms with van der Waals surface area (Å²) < 4.78 is 0. The van der Waals surface area contributed by atoms with E-state index in [0.717, 1.165) is 32.2 Å². The maximum atomic E-state index is 12.6. The molecule has 2 fully saturated rings. The van der Waals surface area contributed by atoms with Crippen LogP contribution in [-0.2, 0) is 9.59 Å². The van der Waals surface area contributed by atoms with Crippen LogP contribution in [0.1, 0.15) is 51.4 Å². The largest absolute Gasteiger partial charge is 0.481 e. The molecule has 2 aliphatic rings. The van der Waals surface area contributed by atoms with Gasteiger partial charge in [-0.3, -0.25) is 9.59 Å². The van der Waals surface area contributed by atoms with Crippen molar-refractivity contribution in [2.45, 2.75) is 57.4 Å². The first kappa shape index (κ1) is 15.3. The normalized spacial score (nSPS) is 31.6. The second-order valence-electron chi connectivity index (χ2n) is 6.10. The number of carbonyl (C=O) groups is 2. The van der Waals surface area contributed by atoms with Crippen molar-refractivity contribution >= 4 is 11.9 Å². The van der Waals surface area contributed by atoms with Gasteiger partial charge in [-0.25, -0.2) is 0 Å². The lowest BCUT2D eigenvalue weighted by Crippen LogP contribution is -2.46. The highest BCUT2D eigenvalue weighted by Gasteiger charge is 2.34. The second-order valence-corrected chi connectivity index (χ2v) is 6.10. The summed E-state index contributed by atoms with van der Waals surface area (Å²) in [6, 6.07) is -0.0396. The summed E-state index contributed by atoms with van der Waals surface area (Å²) in [4.78, 5) is 25.4. The SMILES string of the molecule is O=C(O)C1CCC(C(=O)N2CCCCCC2CO)CC1. The average molecular weight is 283 g/mol. The maximum absolute atomic E-state index is 12.6. The molecular weight excluding hydrogens is 258 g/mol. The van der Waals surface area contributed by atoms with Crippen molar-refractivity contribution in [1.82, 2.24) is 4.90 Å². The summed E-state index contributed by atoms with van der Waals surface area (Å²) in [6.45, 7) is 0.777. The number of aliphatic hydroxyl groups is 1.